The summed E-state index contributed by atoms with van der Waals surface area (Å²) in [7, 11) is 0. The van der Waals surface area contributed by atoms with Gasteiger partial charge < -0.3 is 5.11 Å². The normalized spacial score (nSPS) is 20.4. The monoisotopic (exact) mass is 285 g/mol. The van der Waals surface area contributed by atoms with Gasteiger partial charge in [0.05, 0.1) is 11.6 Å². The molecule has 0 spiro atoms. The van der Waals surface area contributed by atoms with Crippen molar-refractivity contribution in [2.75, 3.05) is 0 Å². The van der Waals surface area contributed by atoms with Gasteiger partial charge in [-0.15, -0.1) is 11.3 Å². The quantitative estimate of drug-likeness (QED) is 0.896. The van der Waals surface area contributed by atoms with Crippen LogP contribution in [0.4, 0.5) is 0 Å². The molecule has 1 heterocycles. The van der Waals surface area contributed by atoms with Gasteiger partial charge in [-0.1, -0.05) is 13.8 Å². The van der Waals surface area contributed by atoms with E-state index >= 15 is 0 Å². The highest BCUT2D eigenvalue weighted by molar-refractivity contribution is 7.99. The second-order valence-electron chi connectivity index (χ2n) is 4.73. The van der Waals surface area contributed by atoms with Crippen LogP contribution >= 0.6 is 23.1 Å². The van der Waals surface area contributed by atoms with Gasteiger partial charge in [-0.25, -0.2) is 4.98 Å². The third-order valence-corrected chi connectivity index (χ3v) is 6.02. The van der Waals surface area contributed by atoms with Gasteiger partial charge in [0.25, 0.3) is 0 Å². The highest BCUT2D eigenvalue weighted by atomic mass is 32.2. The number of hydrogen-bond donors (Lipinski definition) is 1. The third-order valence-electron chi connectivity index (χ3n) is 3.36. The van der Waals surface area contributed by atoms with E-state index in [1.807, 2.05) is 11.8 Å². The van der Waals surface area contributed by atoms with Crippen LogP contribution in [0.3, 0.4) is 0 Å². The number of aryl methyl sites for hydroxylation is 1. The Morgan fingerprint density at radius 1 is 1.67 bits per heavy atom. The van der Waals surface area contributed by atoms with Gasteiger partial charge in [0.1, 0.15) is 5.01 Å². The van der Waals surface area contributed by atoms with Gasteiger partial charge >= 0.3 is 5.97 Å². The molecule has 0 amide bonds. The van der Waals surface area contributed by atoms with E-state index < -0.39 is 5.97 Å². The first-order valence-corrected chi connectivity index (χ1v) is 8.31. The molecule has 5 heteroatoms. The lowest BCUT2D eigenvalue weighted by molar-refractivity contribution is -0.139. The van der Waals surface area contributed by atoms with Gasteiger partial charge in [0, 0.05) is 15.9 Å². The number of fused-ring (bicyclic) bond motifs is 1. The van der Waals surface area contributed by atoms with Crippen LogP contribution < -0.4 is 0 Å². The molecule has 1 aromatic heterocycles. The second kappa shape index (κ2) is 6.06. The Morgan fingerprint density at radius 2 is 2.44 bits per heavy atom. The summed E-state index contributed by atoms with van der Waals surface area (Å²) < 4.78 is 0. The minimum Gasteiger partial charge on any atom is -0.481 e. The van der Waals surface area contributed by atoms with E-state index in [4.69, 9.17) is 0 Å². The van der Waals surface area contributed by atoms with Crippen LogP contribution in [-0.2, 0) is 17.0 Å². The van der Waals surface area contributed by atoms with Crippen LogP contribution in [0, 0.1) is 0 Å². The SMILES string of the molecule is CCC(C)SCc1nc2c(s1)CCCC2C(=O)O. The molecule has 0 aromatic carbocycles. The molecule has 1 aliphatic carbocycles. The van der Waals surface area contributed by atoms with Crippen LogP contribution in [-0.4, -0.2) is 21.3 Å². The fourth-order valence-corrected chi connectivity index (χ4v) is 4.24. The van der Waals surface area contributed by atoms with Crippen molar-refractivity contribution in [2.24, 2.45) is 0 Å². The van der Waals surface area contributed by atoms with Crippen molar-refractivity contribution >= 4 is 29.1 Å². The molecule has 0 saturated carbocycles. The molecule has 1 aromatic rings. The molecule has 100 valence electrons. The number of carbonyl (C=O) groups is 1. The average Bonchev–Trinajstić information content (AvgIpc) is 2.77. The predicted octanol–water partition coefficient (Wildman–Crippen LogP) is 3.68. The van der Waals surface area contributed by atoms with Crippen molar-refractivity contribution < 1.29 is 9.90 Å². The number of nitrogens with zero attached hydrogens (tertiary/aromatic N) is 1. The van der Waals surface area contributed by atoms with Crippen molar-refractivity contribution in [1.29, 1.82) is 0 Å². The van der Waals surface area contributed by atoms with Gasteiger partial charge in [0.15, 0.2) is 0 Å². The molecule has 3 nitrogen and oxygen atoms in total. The van der Waals surface area contributed by atoms with E-state index in [9.17, 15) is 9.90 Å². The Labute approximate surface area is 116 Å². The lowest BCUT2D eigenvalue weighted by Crippen LogP contribution is -2.17. The molecule has 2 unspecified atom stereocenters. The molecule has 1 N–H and O–H groups in total. The maximum Gasteiger partial charge on any atom is 0.312 e. The molecule has 0 saturated heterocycles. The lowest BCUT2D eigenvalue weighted by Gasteiger charge is -2.16. The van der Waals surface area contributed by atoms with Gasteiger partial charge in [0.2, 0.25) is 0 Å². The molecule has 0 fully saturated rings. The van der Waals surface area contributed by atoms with Crippen LogP contribution in [0.15, 0.2) is 0 Å². The number of thiazole rings is 1. The van der Waals surface area contributed by atoms with Crippen molar-refractivity contribution in [3.8, 4) is 0 Å². The molecule has 0 aliphatic heterocycles. The molecule has 1 aliphatic rings. The molecular weight excluding hydrogens is 266 g/mol. The summed E-state index contributed by atoms with van der Waals surface area (Å²) in [5.41, 5.74) is 0.846. The van der Waals surface area contributed by atoms with E-state index in [1.54, 1.807) is 11.3 Å². The third kappa shape index (κ3) is 3.06. The summed E-state index contributed by atoms with van der Waals surface area (Å²) in [5, 5.41) is 10.9. The van der Waals surface area contributed by atoms with Crippen molar-refractivity contribution in [1.82, 2.24) is 4.98 Å². The van der Waals surface area contributed by atoms with Crippen LogP contribution in [0.2, 0.25) is 0 Å². The standard InChI is InChI=1S/C13H19NO2S2/c1-3-8(2)17-7-11-14-12-9(13(15)16)5-4-6-10(12)18-11/h8-9H,3-7H2,1-2H3,(H,15,16). The van der Waals surface area contributed by atoms with E-state index in [-0.39, 0.29) is 5.92 Å². The summed E-state index contributed by atoms with van der Waals surface area (Å²) in [6.07, 6.45) is 3.88. The van der Waals surface area contributed by atoms with Crippen molar-refractivity contribution in [2.45, 2.75) is 56.5 Å². The zero-order valence-electron chi connectivity index (χ0n) is 10.8. The lowest BCUT2D eigenvalue weighted by atomic mass is 9.91. The number of carboxylic acid groups (broad SMARTS) is 1. The van der Waals surface area contributed by atoms with Crippen molar-refractivity contribution in [3.63, 3.8) is 0 Å². The highest BCUT2D eigenvalue weighted by Crippen LogP contribution is 2.36. The second-order valence-corrected chi connectivity index (χ2v) is 7.32. The molecule has 0 bridgehead atoms. The first-order chi connectivity index (χ1) is 8.61. The number of carboxylic acids is 1. The maximum atomic E-state index is 11.2. The molecule has 0 radical (unpaired) electrons. The zero-order chi connectivity index (χ0) is 13.1. The summed E-state index contributed by atoms with van der Waals surface area (Å²) in [6.45, 7) is 4.41. The topological polar surface area (TPSA) is 50.2 Å². The summed E-state index contributed by atoms with van der Waals surface area (Å²) in [6, 6.07) is 0. The molecule has 18 heavy (non-hydrogen) atoms. The minimum absolute atomic E-state index is 0.368. The summed E-state index contributed by atoms with van der Waals surface area (Å²) >= 11 is 3.62. The largest absolute Gasteiger partial charge is 0.481 e. The molecule has 2 rings (SSSR count). The van der Waals surface area contributed by atoms with E-state index in [0.29, 0.717) is 5.25 Å². The average molecular weight is 285 g/mol. The fraction of sp³-hybridized carbons (Fsp3) is 0.692. The van der Waals surface area contributed by atoms with E-state index in [1.165, 1.54) is 4.88 Å². The van der Waals surface area contributed by atoms with E-state index in [0.717, 1.165) is 42.1 Å². The van der Waals surface area contributed by atoms with Crippen LogP contribution in [0.1, 0.15) is 54.6 Å². The molecule has 2 atom stereocenters. The zero-order valence-corrected chi connectivity index (χ0v) is 12.4. The summed E-state index contributed by atoms with van der Waals surface area (Å²) in [5.74, 6) is -0.173. The Balaban J connectivity index is 2.09. The van der Waals surface area contributed by atoms with Crippen molar-refractivity contribution in [3.05, 3.63) is 15.6 Å². The Hall–Kier alpha value is -0.550. The van der Waals surface area contributed by atoms with Gasteiger partial charge in [-0.05, 0) is 25.7 Å². The minimum atomic E-state index is -0.720. The molecular formula is C13H19NO2S2. The Morgan fingerprint density at radius 3 is 3.11 bits per heavy atom. The van der Waals surface area contributed by atoms with E-state index in [2.05, 4.69) is 18.8 Å². The highest BCUT2D eigenvalue weighted by Gasteiger charge is 2.29. The number of aliphatic carboxylic acids is 1. The number of thioether (sulfide) groups is 1. The van der Waals surface area contributed by atoms with Crippen LogP contribution in [0.25, 0.3) is 0 Å². The van der Waals surface area contributed by atoms with Gasteiger partial charge in [-0.2, -0.15) is 11.8 Å². The summed E-state index contributed by atoms with van der Waals surface area (Å²) in [4.78, 5) is 17.0. The van der Waals surface area contributed by atoms with Crippen LogP contribution in [0.5, 0.6) is 0 Å². The smallest absolute Gasteiger partial charge is 0.312 e. The maximum absolute atomic E-state index is 11.2. The van der Waals surface area contributed by atoms with Gasteiger partial charge in [-0.3, -0.25) is 4.79 Å². The Bertz CT molecular complexity index is 431. The first-order valence-electron chi connectivity index (χ1n) is 6.44. The number of hydrogen-bond acceptors (Lipinski definition) is 4. The number of aromatic nitrogens is 1. The predicted molar refractivity (Wildman–Crippen MR) is 76.5 cm³/mol. The number of rotatable bonds is 5. The Kier molecular flexibility index (Phi) is 4.67. The first kappa shape index (κ1) is 13.9. The fourth-order valence-electron chi connectivity index (χ4n) is 2.10.